The number of nitrogens with zero attached hydrogens (tertiary/aromatic N) is 1. The average molecular weight is 209 g/mol. The Hall–Kier alpha value is -0.370. The molecule has 2 atom stereocenters. The molecule has 0 spiro atoms. The highest BCUT2D eigenvalue weighted by molar-refractivity contribution is 5.81. The van der Waals surface area contributed by atoms with Crippen molar-refractivity contribution in [1.29, 1.82) is 0 Å². The van der Waals surface area contributed by atoms with Crippen LogP contribution in [-0.2, 0) is 4.79 Å². The van der Waals surface area contributed by atoms with Crippen molar-refractivity contribution in [2.24, 2.45) is 5.92 Å². The third-order valence-corrected chi connectivity index (χ3v) is 4.37. The van der Waals surface area contributed by atoms with Gasteiger partial charge in [-0.1, -0.05) is 12.8 Å². The van der Waals surface area contributed by atoms with Gasteiger partial charge in [-0.25, -0.2) is 0 Å². The molecule has 15 heavy (non-hydrogen) atoms. The van der Waals surface area contributed by atoms with E-state index in [4.69, 9.17) is 0 Å². The van der Waals surface area contributed by atoms with Crippen LogP contribution in [0, 0.1) is 5.92 Å². The van der Waals surface area contributed by atoms with Crippen molar-refractivity contribution in [2.75, 3.05) is 6.54 Å². The first-order chi connectivity index (χ1) is 7.20. The van der Waals surface area contributed by atoms with Gasteiger partial charge in [0.15, 0.2) is 0 Å². The number of carbonyl (C=O) groups is 1. The zero-order chi connectivity index (χ0) is 10.8. The molecule has 1 heterocycles. The normalized spacial score (nSPS) is 30.9. The van der Waals surface area contributed by atoms with E-state index in [1.807, 2.05) is 0 Å². The molecular weight excluding hydrogens is 186 g/mol. The van der Waals surface area contributed by atoms with Crippen molar-refractivity contribution in [3.05, 3.63) is 0 Å². The van der Waals surface area contributed by atoms with E-state index in [0.29, 0.717) is 11.8 Å². The first kappa shape index (κ1) is 11.1. The summed E-state index contributed by atoms with van der Waals surface area (Å²) in [4.78, 5) is 13.9. The molecule has 2 heteroatoms. The van der Waals surface area contributed by atoms with Gasteiger partial charge in [0.05, 0.1) is 6.04 Å². The minimum absolute atomic E-state index is 0.151. The highest BCUT2D eigenvalue weighted by Gasteiger charge is 2.36. The molecule has 1 aliphatic carbocycles. The van der Waals surface area contributed by atoms with E-state index in [0.717, 1.165) is 12.5 Å². The SMILES string of the molecule is CC(=O)C(C)N1CCCC1C1CCCC1. The number of ketones is 1. The fourth-order valence-electron chi connectivity index (χ4n) is 3.38. The molecule has 2 unspecified atom stereocenters. The third kappa shape index (κ3) is 2.25. The molecule has 1 aliphatic heterocycles. The van der Waals surface area contributed by atoms with Crippen LogP contribution in [0.3, 0.4) is 0 Å². The molecule has 2 fully saturated rings. The number of hydrogen-bond acceptors (Lipinski definition) is 2. The molecule has 86 valence electrons. The molecule has 0 aromatic rings. The Labute approximate surface area is 93.0 Å². The monoisotopic (exact) mass is 209 g/mol. The van der Waals surface area contributed by atoms with E-state index in [2.05, 4.69) is 11.8 Å². The maximum absolute atomic E-state index is 11.4. The van der Waals surface area contributed by atoms with Crippen molar-refractivity contribution >= 4 is 5.78 Å². The lowest BCUT2D eigenvalue weighted by Gasteiger charge is -2.33. The van der Waals surface area contributed by atoms with Crippen LogP contribution in [0.5, 0.6) is 0 Å². The summed E-state index contributed by atoms with van der Waals surface area (Å²) >= 11 is 0. The second kappa shape index (κ2) is 4.65. The minimum atomic E-state index is 0.151. The highest BCUT2D eigenvalue weighted by atomic mass is 16.1. The maximum atomic E-state index is 11.4. The number of carbonyl (C=O) groups excluding carboxylic acids is 1. The highest BCUT2D eigenvalue weighted by Crippen LogP contribution is 2.36. The smallest absolute Gasteiger partial charge is 0.146 e. The molecule has 0 bridgehead atoms. The van der Waals surface area contributed by atoms with E-state index >= 15 is 0 Å². The predicted molar refractivity (Wildman–Crippen MR) is 61.8 cm³/mol. The molecule has 1 saturated heterocycles. The standard InChI is InChI=1S/C13H23NO/c1-10(11(2)15)14-9-5-8-13(14)12-6-3-4-7-12/h10,12-13H,3-9H2,1-2H3. The molecule has 2 aliphatic rings. The zero-order valence-electron chi connectivity index (χ0n) is 10.0. The summed E-state index contributed by atoms with van der Waals surface area (Å²) in [6.07, 6.45) is 8.21. The van der Waals surface area contributed by atoms with Gasteiger partial charge in [0.2, 0.25) is 0 Å². The number of rotatable bonds is 3. The second-order valence-electron chi connectivity index (χ2n) is 5.28. The summed E-state index contributed by atoms with van der Waals surface area (Å²) < 4.78 is 0. The van der Waals surface area contributed by atoms with Gasteiger partial charge < -0.3 is 0 Å². The van der Waals surface area contributed by atoms with Gasteiger partial charge in [-0.2, -0.15) is 0 Å². The molecule has 0 aromatic heterocycles. The molecule has 2 nitrogen and oxygen atoms in total. The van der Waals surface area contributed by atoms with Gasteiger partial charge in [-0.15, -0.1) is 0 Å². The van der Waals surface area contributed by atoms with Crippen LogP contribution in [0.15, 0.2) is 0 Å². The summed E-state index contributed by atoms with van der Waals surface area (Å²) in [6.45, 7) is 4.95. The molecule has 0 radical (unpaired) electrons. The number of likely N-dealkylation sites (tertiary alicyclic amines) is 1. The lowest BCUT2D eigenvalue weighted by atomic mass is 9.95. The number of Topliss-reactive ketones (excluding diaryl/α,β-unsaturated/α-hetero) is 1. The Morgan fingerprint density at radius 1 is 1.20 bits per heavy atom. The summed E-state index contributed by atoms with van der Waals surface area (Å²) in [7, 11) is 0. The van der Waals surface area contributed by atoms with Crippen molar-refractivity contribution in [3.63, 3.8) is 0 Å². The average Bonchev–Trinajstić information content (AvgIpc) is 2.86. The van der Waals surface area contributed by atoms with Gasteiger partial charge in [-0.05, 0) is 52.0 Å². The lowest BCUT2D eigenvalue weighted by Crippen LogP contribution is -2.44. The van der Waals surface area contributed by atoms with Gasteiger partial charge in [-0.3, -0.25) is 9.69 Å². The van der Waals surface area contributed by atoms with Gasteiger partial charge in [0.1, 0.15) is 5.78 Å². The van der Waals surface area contributed by atoms with Crippen LogP contribution < -0.4 is 0 Å². The van der Waals surface area contributed by atoms with Crippen LogP contribution in [0.2, 0.25) is 0 Å². The van der Waals surface area contributed by atoms with Crippen molar-refractivity contribution in [1.82, 2.24) is 4.90 Å². The molecule has 2 rings (SSSR count). The Morgan fingerprint density at radius 2 is 1.87 bits per heavy atom. The van der Waals surface area contributed by atoms with Crippen molar-refractivity contribution < 1.29 is 4.79 Å². The zero-order valence-corrected chi connectivity index (χ0v) is 10.0. The minimum Gasteiger partial charge on any atom is -0.298 e. The van der Waals surface area contributed by atoms with Crippen LogP contribution in [0.1, 0.15) is 52.4 Å². The Bertz CT molecular complexity index is 233. The van der Waals surface area contributed by atoms with E-state index in [9.17, 15) is 4.79 Å². The fourth-order valence-corrected chi connectivity index (χ4v) is 3.38. The first-order valence-electron chi connectivity index (χ1n) is 6.46. The van der Waals surface area contributed by atoms with Crippen molar-refractivity contribution in [3.8, 4) is 0 Å². The van der Waals surface area contributed by atoms with Gasteiger partial charge >= 0.3 is 0 Å². The second-order valence-corrected chi connectivity index (χ2v) is 5.28. The van der Waals surface area contributed by atoms with E-state index in [1.165, 1.54) is 38.5 Å². The van der Waals surface area contributed by atoms with Crippen LogP contribution in [-0.4, -0.2) is 29.3 Å². The summed E-state index contributed by atoms with van der Waals surface area (Å²) in [5, 5.41) is 0. The molecular formula is C13H23NO. The topological polar surface area (TPSA) is 20.3 Å². The largest absolute Gasteiger partial charge is 0.298 e. The van der Waals surface area contributed by atoms with E-state index < -0.39 is 0 Å². The number of hydrogen-bond donors (Lipinski definition) is 0. The Balaban J connectivity index is 2.00. The maximum Gasteiger partial charge on any atom is 0.146 e. The molecule has 0 aromatic carbocycles. The Morgan fingerprint density at radius 3 is 2.47 bits per heavy atom. The summed E-state index contributed by atoms with van der Waals surface area (Å²) in [6, 6.07) is 0.865. The van der Waals surface area contributed by atoms with Crippen LogP contribution >= 0.6 is 0 Å². The first-order valence-corrected chi connectivity index (χ1v) is 6.46. The summed E-state index contributed by atoms with van der Waals surface area (Å²) in [5.74, 6) is 1.22. The quantitative estimate of drug-likeness (QED) is 0.712. The lowest BCUT2D eigenvalue weighted by molar-refractivity contribution is -0.122. The van der Waals surface area contributed by atoms with Crippen molar-refractivity contribution in [2.45, 2.75) is 64.5 Å². The molecule has 1 saturated carbocycles. The predicted octanol–water partition coefficient (Wildman–Crippen LogP) is 2.62. The van der Waals surface area contributed by atoms with Gasteiger partial charge in [0, 0.05) is 6.04 Å². The third-order valence-electron chi connectivity index (χ3n) is 4.37. The van der Waals surface area contributed by atoms with Crippen LogP contribution in [0.25, 0.3) is 0 Å². The van der Waals surface area contributed by atoms with Gasteiger partial charge in [0.25, 0.3) is 0 Å². The Kier molecular flexibility index (Phi) is 3.45. The summed E-state index contributed by atoms with van der Waals surface area (Å²) in [5.41, 5.74) is 0. The molecule has 0 amide bonds. The fraction of sp³-hybridized carbons (Fsp3) is 0.923. The molecule has 0 N–H and O–H groups in total. The van der Waals surface area contributed by atoms with Crippen LogP contribution in [0.4, 0.5) is 0 Å². The van der Waals surface area contributed by atoms with E-state index in [-0.39, 0.29) is 6.04 Å². The van der Waals surface area contributed by atoms with E-state index in [1.54, 1.807) is 6.92 Å².